The van der Waals surface area contributed by atoms with Gasteiger partial charge < -0.3 is 9.84 Å². The van der Waals surface area contributed by atoms with Crippen molar-refractivity contribution >= 4 is 0 Å². The van der Waals surface area contributed by atoms with Crippen LogP contribution in [0.25, 0.3) is 0 Å². The highest BCUT2D eigenvalue weighted by Gasteiger charge is 2.35. The molecule has 0 aliphatic carbocycles. The summed E-state index contributed by atoms with van der Waals surface area (Å²) in [6.07, 6.45) is -3.69. The van der Waals surface area contributed by atoms with Crippen LogP contribution in [-0.2, 0) is 6.18 Å². The maximum absolute atomic E-state index is 12.7. The molecule has 3 rings (SSSR count). The van der Waals surface area contributed by atoms with Crippen LogP contribution >= 0.6 is 0 Å². The van der Waals surface area contributed by atoms with Gasteiger partial charge in [0.25, 0.3) is 0 Å². The normalized spacial score (nSPS) is 19.8. The lowest BCUT2D eigenvalue weighted by molar-refractivity contribution is -0.137. The van der Waals surface area contributed by atoms with E-state index >= 15 is 0 Å². The molecule has 0 radical (unpaired) electrons. The van der Waals surface area contributed by atoms with E-state index in [4.69, 9.17) is 4.74 Å². The van der Waals surface area contributed by atoms with Crippen molar-refractivity contribution < 1.29 is 23.0 Å². The molecule has 1 N–H and O–H groups in total. The highest BCUT2D eigenvalue weighted by molar-refractivity contribution is 5.48. The Morgan fingerprint density at radius 1 is 1.09 bits per heavy atom. The highest BCUT2D eigenvalue weighted by atomic mass is 19.4. The predicted molar refractivity (Wildman–Crippen MR) is 80.7 cm³/mol. The Kier molecular flexibility index (Phi) is 3.54. The molecule has 1 heterocycles. The summed E-state index contributed by atoms with van der Waals surface area (Å²) in [5, 5.41) is 9.64. The van der Waals surface area contributed by atoms with E-state index in [2.05, 4.69) is 0 Å². The summed E-state index contributed by atoms with van der Waals surface area (Å²) in [7, 11) is 0. The van der Waals surface area contributed by atoms with Crippen LogP contribution < -0.4 is 4.74 Å². The van der Waals surface area contributed by atoms with Crippen molar-refractivity contribution in [2.24, 2.45) is 0 Å². The molecule has 0 amide bonds. The number of ether oxygens (including phenoxy) is 1. The molecule has 23 heavy (non-hydrogen) atoms. The Morgan fingerprint density at radius 3 is 2.35 bits per heavy atom. The van der Waals surface area contributed by atoms with Crippen molar-refractivity contribution in [2.45, 2.75) is 38.0 Å². The number of aromatic hydroxyl groups is 1. The lowest BCUT2D eigenvalue weighted by Gasteiger charge is -2.38. The number of hydrogen-bond acceptors (Lipinski definition) is 2. The first kappa shape index (κ1) is 15.7. The van der Waals surface area contributed by atoms with Crippen LogP contribution in [-0.4, -0.2) is 10.7 Å². The maximum atomic E-state index is 12.7. The minimum atomic E-state index is -4.34. The average molecular weight is 322 g/mol. The van der Waals surface area contributed by atoms with Crippen molar-refractivity contribution in [3.63, 3.8) is 0 Å². The number of halogens is 3. The Hall–Kier alpha value is -2.17. The molecular formula is C18H17F3O2. The summed E-state index contributed by atoms with van der Waals surface area (Å²) in [4.78, 5) is 0. The minimum absolute atomic E-state index is 0.0726. The van der Waals surface area contributed by atoms with Crippen LogP contribution in [0.3, 0.4) is 0 Å². The van der Waals surface area contributed by atoms with Crippen LogP contribution in [0, 0.1) is 0 Å². The van der Waals surface area contributed by atoms with Crippen LogP contribution in [0.1, 0.15) is 42.9 Å². The fourth-order valence-electron chi connectivity index (χ4n) is 3.04. The zero-order chi connectivity index (χ0) is 16.8. The van der Waals surface area contributed by atoms with Gasteiger partial charge in [0.15, 0.2) is 0 Å². The first-order chi connectivity index (χ1) is 10.7. The Labute approximate surface area is 132 Å². The summed E-state index contributed by atoms with van der Waals surface area (Å²) in [6, 6.07) is 10.1. The largest absolute Gasteiger partial charge is 0.508 e. The lowest BCUT2D eigenvalue weighted by atomic mass is 9.80. The average Bonchev–Trinajstić information content (AvgIpc) is 2.44. The fourth-order valence-corrected chi connectivity index (χ4v) is 3.04. The molecule has 1 unspecified atom stereocenters. The SMILES string of the molecule is CC1(C)CC(c2ccc(C(F)(F)F)cc2)c2ccc(O)cc2O1. The van der Waals surface area contributed by atoms with Gasteiger partial charge in [-0.2, -0.15) is 13.2 Å². The molecule has 0 spiro atoms. The Morgan fingerprint density at radius 2 is 1.74 bits per heavy atom. The van der Waals surface area contributed by atoms with E-state index in [9.17, 15) is 18.3 Å². The van der Waals surface area contributed by atoms with E-state index in [1.165, 1.54) is 12.1 Å². The molecule has 5 heteroatoms. The van der Waals surface area contributed by atoms with Crippen molar-refractivity contribution in [3.05, 3.63) is 59.2 Å². The van der Waals surface area contributed by atoms with E-state index in [0.29, 0.717) is 12.2 Å². The van der Waals surface area contributed by atoms with E-state index in [1.54, 1.807) is 18.2 Å². The number of phenols is 1. The van der Waals surface area contributed by atoms with Gasteiger partial charge in [-0.3, -0.25) is 0 Å². The molecule has 2 nitrogen and oxygen atoms in total. The second-order valence-corrected chi connectivity index (χ2v) is 6.46. The highest BCUT2D eigenvalue weighted by Crippen LogP contribution is 2.45. The van der Waals surface area contributed by atoms with Gasteiger partial charge in [-0.1, -0.05) is 18.2 Å². The first-order valence-corrected chi connectivity index (χ1v) is 7.35. The van der Waals surface area contributed by atoms with Crippen molar-refractivity contribution in [2.75, 3.05) is 0 Å². The van der Waals surface area contributed by atoms with E-state index < -0.39 is 17.3 Å². The first-order valence-electron chi connectivity index (χ1n) is 7.35. The number of hydrogen-bond donors (Lipinski definition) is 1. The van der Waals surface area contributed by atoms with Crippen LogP contribution in [0.4, 0.5) is 13.2 Å². The Balaban J connectivity index is 2.02. The fraction of sp³-hybridized carbons (Fsp3) is 0.333. The molecule has 0 fully saturated rings. The zero-order valence-electron chi connectivity index (χ0n) is 12.8. The molecule has 1 atom stereocenters. The second kappa shape index (κ2) is 5.18. The number of benzene rings is 2. The monoisotopic (exact) mass is 322 g/mol. The van der Waals surface area contributed by atoms with Crippen molar-refractivity contribution in [1.29, 1.82) is 0 Å². The summed E-state index contributed by atoms with van der Waals surface area (Å²) in [6.45, 7) is 3.86. The summed E-state index contributed by atoms with van der Waals surface area (Å²) < 4.78 is 44.1. The van der Waals surface area contributed by atoms with Gasteiger partial charge in [0.05, 0.1) is 5.56 Å². The molecular weight excluding hydrogens is 305 g/mol. The van der Waals surface area contributed by atoms with Gasteiger partial charge in [0.1, 0.15) is 17.1 Å². The van der Waals surface area contributed by atoms with E-state index in [0.717, 1.165) is 23.3 Å². The third-order valence-electron chi connectivity index (χ3n) is 4.09. The molecule has 122 valence electrons. The topological polar surface area (TPSA) is 29.5 Å². The molecule has 0 aromatic heterocycles. The smallest absolute Gasteiger partial charge is 0.416 e. The lowest BCUT2D eigenvalue weighted by Crippen LogP contribution is -2.35. The van der Waals surface area contributed by atoms with Crippen LogP contribution in [0.5, 0.6) is 11.5 Å². The Bertz CT molecular complexity index is 718. The predicted octanol–water partition coefficient (Wildman–Crippen LogP) is 5.10. The maximum Gasteiger partial charge on any atom is 0.416 e. The van der Waals surface area contributed by atoms with Crippen LogP contribution in [0.2, 0.25) is 0 Å². The molecule has 0 saturated carbocycles. The van der Waals surface area contributed by atoms with Gasteiger partial charge in [-0.25, -0.2) is 0 Å². The summed E-state index contributed by atoms with van der Waals surface area (Å²) in [5.41, 5.74) is 0.565. The van der Waals surface area contributed by atoms with E-state index in [1.807, 2.05) is 13.8 Å². The molecule has 1 aliphatic rings. The summed E-state index contributed by atoms with van der Waals surface area (Å²) >= 11 is 0. The van der Waals surface area contributed by atoms with Crippen molar-refractivity contribution in [1.82, 2.24) is 0 Å². The third-order valence-corrected chi connectivity index (χ3v) is 4.09. The molecule has 2 aromatic carbocycles. The number of phenolic OH excluding ortho intramolecular Hbond substituents is 1. The van der Waals surface area contributed by atoms with Gasteiger partial charge in [-0.05, 0) is 44.0 Å². The molecule has 1 aliphatic heterocycles. The molecule has 0 bridgehead atoms. The second-order valence-electron chi connectivity index (χ2n) is 6.46. The molecule has 0 saturated heterocycles. The number of rotatable bonds is 1. The minimum Gasteiger partial charge on any atom is -0.508 e. The van der Waals surface area contributed by atoms with Gasteiger partial charge in [-0.15, -0.1) is 0 Å². The van der Waals surface area contributed by atoms with Crippen LogP contribution in [0.15, 0.2) is 42.5 Å². The number of alkyl halides is 3. The van der Waals surface area contributed by atoms with Gasteiger partial charge >= 0.3 is 6.18 Å². The third kappa shape index (κ3) is 3.14. The van der Waals surface area contributed by atoms with Crippen molar-refractivity contribution in [3.8, 4) is 11.5 Å². The quantitative estimate of drug-likeness (QED) is 0.791. The number of fused-ring (bicyclic) bond motifs is 1. The standard InChI is InChI=1S/C18H17F3O2/c1-17(2)10-15(14-8-7-13(22)9-16(14)23-17)11-3-5-12(6-4-11)18(19,20)21/h3-9,15,22H,10H2,1-2H3. The van der Waals surface area contributed by atoms with Gasteiger partial charge in [0.2, 0.25) is 0 Å². The zero-order valence-corrected chi connectivity index (χ0v) is 12.8. The van der Waals surface area contributed by atoms with E-state index in [-0.39, 0.29) is 11.7 Å². The molecule has 2 aromatic rings. The summed E-state index contributed by atoms with van der Waals surface area (Å²) in [5.74, 6) is 0.607. The van der Waals surface area contributed by atoms with Gasteiger partial charge in [0, 0.05) is 17.5 Å².